The molecule has 2 aromatic rings. The van der Waals surface area contributed by atoms with Crippen molar-refractivity contribution in [2.45, 2.75) is 12.8 Å². The van der Waals surface area contributed by atoms with E-state index in [1.165, 1.54) is 5.56 Å². The molecule has 1 aromatic carbocycles. The maximum atomic E-state index is 5.99. The molecule has 0 atom stereocenters. The average Bonchev–Trinajstić information content (AvgIpc) is 2.52. The van der Waals surface area contributed by atoms with Crippen LogP contribution in [-0.4, -0.2) is 48.6 Å². The molecule has 1 heterocycles. The molecule has 23 heavy (non-hydrogen) atoms. The van der Waals surface area contributed by atoms with Crippen LogP contribution in [0.5, 0.6) is 0 Å². The van der Waals surface area contributed by atoms with Gasteiger partial charge in [-0.05, 0) is 57.2 Å². The second kappa shape index (κ2) is 9.33. The fraction of sp³-hybridized carbons (Fsp3) is 0.412. The summed E-state index contributed by atoms with van der Waals surface area (Å²) in [6.07, 6.45) is 3.72. The molecular weight excluding hydrogens is 310 g/mol. The van der Waals surface area contributed by atoms with E-state index in [-0.39, 0.29) is 0 Å². The summed E-state index contributed by atoms with van der Waals surface area (Å²) in [4.78, 5) is 10.9. The predicted octanol–water partition coefficient (Wildman–Crippen LogP) is 3.15. The first kappa shape index (κ1) is 17.5. The molecule has 0 aliphatic rings. The fourth-order valence-electron chi connectivity index (χ4n) is 2.17. The highest BCUT2D eigenvalue weighted by Crippen LogP contribution is 2.11. The van der Waals surface area contributed by atoms with E-state index >= 15 is 0 Å². The summed E-state index contributed by atoms with van der Waals surface area (Å²) < 4.78 is 0. The Balaban J connectivity index is 1.76. The Morgan fingerprint density at radius 3 is 2.78 bits per heavy atom. The van der Waals surface area contributed by atoms with Gasteiger partial charge >= 0.3 is 0 Å². The highest BCUT2D eigenvalue weighted by atomic mass is 35.5. The van der Waals surface area contributed by atoms with E-state index < -0.39 is 0 Å². The van der Waals surface area contributed by atoms with Crippen LogP contribution >= 0.6 is 11.6 Å². The lowest BCUT2D eigenvalue weighted by atomic mass is 10.1. The van der Waals surface area contributed by atoms with Crippen molar-refractivity contribution in [2.75, 3.05) is 44.4 Å². The maximum absolute atomic E-state index is 5.99. The minimum Gasteiger partial charge on any atom is -0.370 e. The van der Waals surface area contributed by atoms with E-state index in [0.29, 0.717) is 5.95 Å². The van der Waals surface area contributed by atoms with Crippen molar-refractivity contribution in [1.82, 2.24) is 14.9 Å². The summed E-state index contributed by atoms with van der Waals surface area (Å²) >= 11 is 5.99. The topological polar surface area (TPSA) is 53.1 Å². The van der Waals surface area contributed by atoms with Gasteiger partial charge in [0.2, 0.25) is 5.95 Å². The molecule has 0 bridgehead atoms. The van der Waals surface area contributed by atoms with Gasteiger partial charge in [0.05, 0.1) is 0 Å². The zero-order chi connectivity index (χ0) is 16.5. The van der Waals surface area contributed by atoms with E-state index in [9.17, 15) is 0 Å². The molecule has 2 N–H and O–H groups in total. The van der Waals surface area contributed by atoms with Crippen LogP contribution in [0.3, 0.4) is 0 Å². The van der Waals surface area contributed by atoms with Gasteiger partial charge in [-0.15, -0.1) is 0 Å². The molecule has 1 aromatic heterocycles. The zero-order valence-electron chi connectivity index (χ0n) is 13.7. The van der Waals surface area contributed by atoms with Gasteiger partial charge in [-0.2, -0.15) is 4.98 Å². The van der Waals surface area contributed by atoms with Gasteiger partial charge in [0.15, 0.2) is 0 Å². The van der Waals surface area contributed by atoms with E-state index in [0.717, 1.165) is 43.3 Å². The van der Waals surface area contributed by atoms with E-state index in [2.05, 4.69) is 45.7 Å². The Kier molecular flexibility index (Phi) is 7.10. The van der Waals surface area contributed by atoms with Crippen LogP contribution in [-0.2, 0) is 6.42 Å². The Morgan fingerprint density at radius 2 is 2.00 bits per heavy atom. The second-order valence-corrected chi connectivity index (χ2v) is 6.09. The fourth-order valence-corrected chi connectivity index (χ4v) is 2.38. The largest absolute Gasteiger partial charge is 0.370 e. The molecule has 5 nitrogen and oxygen atoms in total. The number of aromatic nitrogens is 2. The van der Waals surface area contributed by atoms with Crippen LogP contribution in [0.4, 0.5) is 11.8 Å². The smallest absolute Gasteiger partial charge is 0.224 e. The molecule has 0 saturated heterocycles. The third kappa shape index (κ3) is 6.84. The molecular formula is C17H24ClN5. The molecule has 0 saturated carbocycles. The average molecular weight is 334 g/mol. The predicted molar refractivity (Wildman–Crippen MR) is 97.3 cm³/mol. The lowest BCUT2D eigenvalue weighted by Crippen LogP contribution is -2.17. The number of halogens is 1. The van der Waals surface area contributed by atoms with Crippen molar-refractivity contribution in [3.63, 3.8) is 0 Å². The third-order valence-corrected chi connectivity index (χ3v) is 3.56. The number of nitrogens with zero attached hydrogens (tertiary/aromatic N) is 3. The molecule has 0 fully saturated rings. The monoisotopic (exact) mass is 333 g/mol. The van der Waals surface area contributed by atoms with Crippen molar-refractivity contribution in [3.05, 3.63) is 47.1 Å². The maximum Gasteiger partial charge on any atom is 0.224 e. The number of anilines is 2. The Bertz CT molecular complexity index is 603. The Labute approximate surface area is 143 Å². The van der Waals surface area contributed by atoms with Crippen LogP contribution in [0.25, 0.3) is 0 Å². The summed E-state index contributed by atoms with van der Waals surface area (Å²) in [6.45, 7) is 2.73. The van der Waals surface area contributed by atoms with Crippen molar-refractivity contribution in [1.29, 1.82) is 0 Å². The molecule has 0 aliphatic carbocycles. The van der Waals surface area contributed by atoms with E-state index in [4.69, 9.17) is 11.6 Å². The van der Waals surface area contributed by atoms with Crippen molar-refractivity contribution in [2.24, 2.45) is 0 Å². The second-order valence-electron chi connectivity index (χ2n) is 5.66. The number of nitrogens with one attached hydrogen (secondary N) is 2. The van der Waals surface area contributed by atoms with Gasteiger partial charge in [0.1, 0.15) is 5.82 Å². The first-order valence-corrected chi connectivity index (χ1v) is 8.21. The first-order valence-electron chi connectivity index (χ1n) is 7.83. The van der Waals surface area contributed by atoms with Gasteiger partial charge in [-0.1, -0.05) is 23.7 Å². The number of hydrogen-bond acceptors (Lipinski definition) is 5. The number of hydrogen-bond donors (Lipinski definition) is 2. The van der Waals surface area contributed by atoms with Crippen LogP contribution in [0.1, 0.15) is 12.0 Å². The minimum atomic E-state index is 0.643. The quantitative estimate of drug-likeness (QED) is 0.690. The lowest BCUT2D eigenvalue weighted by molar-refractivity contribution is 0.405. The Morgan fingerprint density at radius 1 is 1.13 bits per heavy atom. The molecule has 0 radical (unpaired) electrons. The summed E-state index contributed by atoms with van der Waals surface area (Å²) in [7, 11) is 4.15. The Hall–Kier alpha value is -1.85. The molecule has 6 heteroatoms. The van der Waals surface area contributed by atoms with Crippen molar-refractivity contribution >= 4 is 23.4 Å². The summed E-state index contributed by atoms with van der Waals surface area (Å²) in [6, 6.07) is 9.78. The van der Waals surface area contributed by atoms with Crippen LogP contribution < -0.4 is 10.6 Å². The van der Waals surface area contributed by atoms with Gasteiger partial charge in [0.25, 0.3) is 0 Å². The normalized spacial score (nSPS) is 10.8. The van der Waals surface area contributed by atoms with Crippen LogP contribution in [0.2, 0.25) is 5.02 Å². The van der Waals surface area contributed by atoms with Gasteiger partial charge in [-0.25, -0.2) is 4.98 Å². The molecule has 0 aliphatic heterocycles. The molecule has 2 rings (SSSR count). The molecule has 0 amide bonds. The SMILES string of the molecule is CN(C)CCCNc1ccnc(NCCc2cccc(Cl)c2)n1. The zero-order valence-corrected chi connectivity index (χ0v) is 14.5. The van der Waals surface area contributed by atoms with Gasteiger partial charge in [0, 0.05) is 24.3 Å². The van der Waals surface area contributed by atoms with E-state index in [1.807, 2.05) is 24.3 Å². The van der Waals surface area contributed by atoms with Crippen LogP contribution in [0.15, 0.2) is 36.5 Å². The third-order valence-electron chi connectivity index (χ3n) is 3.33. The highest BCUT2D eigenvalue weighted by Gasteiger charge is 2.00. The standard InChI is InChI=1S/C17H24ClN5/c1-23(2)12-4-9-19-16-8-11-21-17(22-16)20-10-7-14-5-3-6-15(18)13-14/h3,5-6,8,11,13H,4,7,9-10,12H2,1-2H3,(H2,19,20,21,22). The van der Waals surface area contributed by atoms with Crippen LogP contribution in [0, 0.1) is 0 Å². The molecule has 0 spiro atoms. The summed E-state index contributed by atoms with van der Waals surface area (Å²) in [5, 5.41) is 7.34. The van der Waals surface area contributed by atoms with Gasteiger partial charge < -0.3 is 15.5 Å². The summed E-state index contributed by atoms with van der Waals surface area (Å²) in [5.41, 5.74) is 1.20. The number of rotatable bonds is 9. The first-order chi connectivity index (χ1) is 11.1. The highest BCUT2D eigenvalue weighted by molar-refractivity contribution is 6.30. The van der Waals surface area contributed by atoms with Crippen molar-refractivity contribution < 1.29 is 0 Å². The molecule has 124 valence electrons. The summed E-state index contributed by atoms with van der Waals surface area (Å²) in [5.74, 6) is 1.49. The van der Waals surface area contributed by atoms with Crippen molar-refractivity contribution in [3.8, 4) is 0 Å². The lowest BCUT2D eigenvalue weighted by Gasteiger charge is -2.11. The minimum absolute atomic E-state index is 0.643. The van der Waals surface area contributed by atoms with Gasteiger partial charge in [-0.3, -0.25) is 0 Å². The molecule has 0 unspecified atom stereocenters. The van der Waals surface area contributed by atoms with E-state index in [1.54, 1.807) is 6.20 Å². The number of benzene rings is 1.